The average Bonchev–Trinajstić information content (AvgIpc) is 3.58. The molecule has 0 aromatic heterocycles. The first kappa shape index (κ1) is 26.9. The van der Waals surface area contributed by atoms with Gasteiger partial charge in [-0.05, 0) is 82.5 Å². The molecule has 0 heterocycles. The molecule has 4 rings (SSSR count). The number of carbonyl (C=O) groups excluding carboxylic acids is 1. The summed E-state index contributed by atoms with van der Waals surface area (Å²) in [6.07, 6.45) is 11.9. The van der Waals surface area contributed by atoms with E-state index in [-0.39, 0.29) is 0 Å². The Bertz CT molecular complexity index is 1090. The van der Waals surface area contributed by atoms with E-state index in [9.17, 15) is 4.79 Å². The highest BCUT2D eigenvalue weighted by Crippen LogP contribution is 2.58. The molecule has 3 aromatic carbocycles. The van der Waals surface area contributed by atoms with Crippen molar-refractivity contribution in [3.05, 3.63) is 60.2 Å². The van der Waals surface area contributed by atoms with Gasteiger partial charge in [0.15, 0.2) is 0 Å². The molecule has 1 fully saturated rings. The highest BCUT2D eigenvalue weighted by atomic mass is 16.1. The molecule has 1 aliphatic carbocycles. The van der Waals surface area contributed by atoms with Crippen molar-refractivity contribution in [1.29, 1.82) is 0 Å². The fourth-order valence-corrected chi connectivity index (χ4v) is 7.25. The van der Waals surface area contributed by atoms with E-state index in [1.165, 1.54) is 78.5 Å². The molecule has 1 saturated carbocycles. The highest BCUT2D eigenvalue weighted by molar-refractivity contribution is 6.02. The lowest BCUT2D eigenvalue weighted by atomic mass is 9.77. The van der Waals surface area contributed by atoms with Crippen LogP contribution in [-0.2, 0) is 4.79 Å². The van der Waals surface area contributed by atoms with Gasteiger partial charge in [-0.15, -0.1) is 0 Å². The lowest BCUT2D eigenvalue weighted by molar-refractivity contribution is -0.118. The minimum Gasteiger partial charge on any atom is -0.300 e. The largest absolute Gasteiger partial charge is 0.300 e. The molecular weight excluding hydrogens is 436 g/mol. The fraction of sp³-hybridized carbons (Fsp3) is 0.571. The topological polar surface area (TPSA) is 17.1 Å². The minimum absolute atomic E-state index is 0.300. The van der Waals surface area contributed by atoms with Crippen LogP contribution in [0.4, 0.5) is 0 Å². The summed E-state index contributed by atoms with van der Waals surface area (Å²) in [6.45, 7) is 11.3. The van der Waals surface area contributed by atoms with Crippen molar-refractivity contribution in [2.75, 3.05) is 0 Å². The first-order valence-corrected chi connectivity index (χ1v) is 14.8. The van der Waals surface area contributed by atoms with Crippen LogP contribution in [0.25, 0.3) is 21.5 Å². The van der Waals surface area contributed by atoms with E-state index >= 15 is 0 Å². The molecule has 0 aliphatic heterocycles. The molecule has 1 aliphatic rings. The van der Waals surface area contributed by atoms with Crippen LogP contribution in [0.15, 0.2) is 54.6 Å². The molecule has 0 amide bonds. The number of benzene rings is 3. The van der Waals surface area contributed by atoms with Gasteiger partial charge in [0.05, 0.1) is 0 Å². The molecule has 36 heavy (non-hydrogen) atoms. The quantitative estimate of drug-likeness (QED) is 0.164. The van der Waals surface area contributed by atoms with Crippen LogP contribution in [-0.4, -0.2) is 5.78 Å². The van der Waals surface area contributed by atoms with Gasteiger partial charge in [-0.25, -0.2) is 0 Å². The van der Waals surface area contributed by atoms with Gasteiger partial charge in [0.25, 0.3) is 0 Å². The highest BCUT2D eigenvalue weighted by Gasteiger charge is 2.56. The first-order chi connectivity index (χ1) is 17.4. The van der Waals surface area contributed by atoms with Gasteiger partial charge in [0.1, 0.15) is 5.78 Å². The summed E-state index contributed by atoms with van der Waals surface area (Å²) < 4.78 is 0. The normalized spacial score (nSPS) is 21.2. The number of fused-ring (bicyclic) bond motifs is 2. The van der Waals surface area contributed by atoms with Crippen LogP contribution in [0.3, 0.4) is 0 Å². The van der Waals surface area contributed by atoms with Crippen LogP contribution in [0.1, 0.15) is 104 Å². The molecule has 3 aromatic rings. The molecule has 0 radical (unpaired) electrons. The Morgan fingerprint density at radius 1 is 0.806 bits per heavy atom. The van der Waals surface area contributed by atoms with Crippen molar-refractivity contribution in [3.8, 4) is 0 Å². The number of unbranched alkanes of at least 4 members (excludes halogenated alkanes) is 6. The van der Waals surface area contributed by atoms with Crippen LogP contribution >= 0.6 is 0 Å². The zero-order chi connectivity index (χ0) is 25.7. The van der Waals surface area contributed by atoms with Gasteiger partial charge >= 0.3 is 0 Å². The SMILES string of the molecule is CCCCCCCCCC1C(C(C)=O)C1C(CC(C)c1c2ccccc2cc2ccccc12)C(C)C. The van der Waals surface area contributed by atoms with Gasteiger partial charge in [0.2, 0.25) is 0 Å². The van der Waals surface area contributed by atoms with Crippen molar-refractivity contribution >= 4 is 27.3 Å². The number of Topliss-reactive ketones (excluding diaryl/α,β-unsaturated/α-hetero) is 1. The zero-order valence-electron chi connectivity index (χ0n) is 23.4. The smallest absolute Gasteiger partial charge is 0.133 e. The Morgan fingerprint density at radius 2 is 1.36 bits per heavy atom. The van der Waals surface area contributed by atoms with Crippen LogP contribution in [0.2, 0.25) is 0 Å². The van der Waals surface area contributed by atoms with Crippen molar-refractivity contribution < 1.29 is 4.79 Å². The molecule has 0 bridgehead atoms. The van der Waals surface area contributed by atoms with Crippen molar-refractivity contribution in [2.24, 2.45) is 29.6 Å². The molecule has 0 spiro atoms. The predicted octanol–water partition coefficient (Wildman–Crippen LogP) is 10.4. The molecule has 5 unspecified atom stereocenters. The molecule has 194 valence electrons. The monoisotopic (exact) mass is 484 g/mol. The van der Waals surface area contributed by atoms with Gasteiger partial charge in [0, 0.05) is 5.92 Å². The van der Waals surface area contributed by atoms with E-state index in [0.717, 1.165) is 6.42 Å². The van der Waals surface area contributed by atoms with Crippen molar-refractivity contribution in [2.45, 2.75) is 98.3 Å². The summed E-state index contributed by atoms with van der Waals surface area (Å²) >= 11 is 0. The maximum absolute atomic E-state index is 12.7. The standard InChI is InChI=1S/C35H48O/c1-6-7-8-9-10-11-12-21-31-34(26(5)36)35(31)32(24(2)3)22-25(4)33-29-19-15-13-17-27(29)23-28-18-14-16-20-30(28)33/h13-20,23-25,31-32,34-35H,6-12,21-22H2,1-5H3. The Morgan fingerprint density at radius 3 is 1.92 bits per heavy atom. The Hall–Kier alpha value is -2.15. The summed E-state index contributed by atoms with van der Waals surface area (Å²) in [5, 5.41) is 5.46. The average molecular weight is 485 g/mol. The van der Waals surface area contributed by atoms with E-state index in [1.54, 1.807) is 0 Å². The van der Waals surface area contributed by atoms with Gasteiger partial charge < -0.3 is 0 Å². The van der Waals surface area contributed by atoms with Gasteiger partial charge in [-0.2, -0.15) is 0 Å². The molecule has 0 saturated heterocycles. The third kappa shape index (κ3) is 6.04. The summed E-state index contributed by atoms with van der Waals surface area (Å²) in [6, 6.07) is 20.1. The Labute approximate surface area is 220 Å². The number of hydrogen-bond donors (Lipinski definition) is 0. The maximum Gasteiger partial charge on any atom is 0.133 e. The maximum atomic E-state index is 12.7. The Kier molecular flexibility index (Phi) is 9.26. The first-order valence-electron chi connectivity index (χ1n) is 14.8. The van der Waals surface area contributed by atoms with Gasteiger partial charge in [-0.1, -0.05) is 121 Å². The fourth-order valence-electron chi connectivity index (χ4n) is 7.25. The van der Waals surface area contributed by atoms with E-state index in [0.29, 0.717) is 41.3 Å². The minimum atomic E-state index is 0.300. The number of hydrogen-bond acceptors (Lipinski definition) is 1. The van der Waals surface area contributed by atoms with Crippen molar-refractivity contribution in [1.82, 2.24) is 0 Å². The van der Waals surface area contributed by atoms with Crippen LogP contribution in [0, 0.1) is 29.6 Å². The predicted molar refractivity (Wildman–Crippen MR) is 157 cm³/mol. The molecule has 0 N–H and O–H groups in total. The summed E-state index contributed by atoms with van der Waals surface area (Å²) in [7, 11) is 0. The molecule has 5 atom stereocenters. The van der Waals surface area contributed by atoms with Gasteiger partial charge in [-0.3, -0.25) is 4.79 Å². The zero-order valence-corrected chi connectivity index (χ0v) is 23.4. The lowest BCUT2D eigenvalue weighted by Crippen LogP contribution is -2.17. The van der Waals surface area contributed by atoms with E-state index < -0.39 is 0 Å². The van der Waals surface area contributed by atoms with E-state index in [4.69, 9.17) is 0 Å². The second kappa shape index (κ2) is 12.4. The van der Waals surface area contributed by atoms with Crippen LogP contribution in [0.5, 0.6) is 0 Å². The van der Waals surface area contributed by atoms with Crippen LogP contribution < -0.4 is 0 Å². The van der Waals surface area contributed by atoms with E-state index in [2.05, 4.69) is 82.3 Å². The Balaban J connectivity index is 1.50. The number of carbonyl (C=O) groups is 1. The second-order valence-corrected chi connectivity index (χ2v) is 12.1. The van der Waals surface area contributed by atoms with E-state index in [1.807, 2.05) is 6.92 Å². The lowest BCUT2D eigenvalue weighted by Gasteiger charge is -2.27. The summed E-state index contributed by atoms with van der Waals surface area (Å²) in [4.78, 5) is 12.7. The van der Waals surface area contributed by atoms with Crippen molar-refractivity contribution in [3.63, 3.8) is 0 Å². The third-order valence-electron chi connectivity index (χ3n) is 9.12. The summed E-state index contributed by atoms with van der Waals surface area (Å²) in [5.74, 6) is 3.57. The number of ketones is 1. The molecular formula is C35H48O. The second-order valence-electron chi connectivity index (χ2n) is 12.1. The summed E-state index contributed by atoms with van der Waals surface area (Å²) in [5.41, 5.74) is 1.50. The molecule has 1 nitrogen and oxygen atoms in total. The molecule has 1 heteroatoms. The number of rotatable bonds is 14. The third-order valence-corrected chi connectivity index (χ3v) is 9.12.